The lowest BCUT2D eigenvalue weighted by Crippen LogP contribution is -2.38. The molecule has 0 N–H and O–H groups in total. The van der Waals surface area contributed by atoms with Gasteiger partial charge in [0.2, 0.25) is 0 Å². The van der Waals surface area contributed by atoms with E-state index >= 15 is 0 Å². The van der Waals surface area contributed by atoms with Crippen molar-refractivity contribution in [3.8, 4) is 0 Å². The molecule has 7 heteroatoms. The summed E-state index contributed by atoms with van der Waals surface area (Å²) in [6.07, 6.45) is 3.03. The summed E-state index contributed by atoms with van der Waals surface area (Å²) in [5.74, 6) is 0. The second-order valence-electron chi connectivity index (χ2n) is 4.89. The Morgan fingerprint density at radius 1 is 1.45 bits per heavy atom. The maximum absolute atomic E-state index is 11.3. The number of nitrogens with zero attached hydrogens (tertiary/aromatic N) is 2. The number of rotatable bonds is 3. The molecule has 108 valence electrons. The predicted molar refractivity (Wildman–Crippen MR) is 78.9 cm³/mol. The molecule has 0 amide bonds. The number of halogens is 2. The Balaban J connectivity index is 2.56. The number of piperidine rings is 1. The van der Waals surface area contributed by atoms with Gasteiger partial charge in [-0.2, -0.15) is 0 Å². The maximum atomic E-state index is 11.3. The molecule has 1 aliphatic rings. The largest absolute Gasteiger partial charge is 0.362 e. The first-order chi connectivity index (χ1) is 9.41. The van der Waals surface area contributed by atoms with Crippen LogP contribution in [0, 0.1) is 10.1 Å². The Kier molecular flexibility index (Phi) is 4.50. The van der Waals surface area contributed by atoms with Crippen molar-refractivity contribution in [2.24, 2.45) is 0 Å². The van der Waals surface area contributed by atoms with Gasteiger partial charge >= 0.3 is 0 Å². The fraction of sp³-hybridized carbons (Fsp3) is 0.462. The van der Waals surface area contributed by atoms with Crippen LogP contribution in [0.15, 0.2) is 12.1 Å². The van der Waals surface area contributed by atoms with Gasteiger partial charge in [0.1, 0.15) is 5.69 Å². The summed E-state index contributed by atoms with van der Waals surface area (Å²) in [7, 11) is 0. The van der Waals surface area contributed by atoms with Crippen LogP contribution in [-0.2, 0) is 0 Å². The van der Waals surface area contributed by atoms with Crippen molar-refractivity contribution in [3.05, 3.63) is 32.8 Å². The van der Waals surface area contributed by atoms with Crippen LogP contribution in [0.2, 0.25) is 5.02 Å². The van der Waals surface area contributed by atoms with E-state index in [1.54, 1.807) is 0 Å². The third-order valence-corrected chi connectivity index (χ3v) is 4.06. The van der Waals surface area contributed by atoms with Gasteiger partial charge in [-0.25, -0.2) is 0 Å². The van der Waals surface area contributed by atoms with E-state index in [0.717, 1.165) is 25.8 Å². The van der Waals surface area contributed by atoms with Crippen LogP contribution in [0.25, 0.3) is 0 Å². The van der Waals surface area contributed by atoms with Gasteiger partial charge in [0.05, 0.1) is 9.95 Å². The molecule has 1 aromatic carbocycles. The van der Waals surface area contributed by atoms with Crippen molar-refractivity contribution in [3.63, 3.8) is 0 Å². The molecule has 0 saturated carbocycles. The number of hydrogen-bond donors (Lipinski definition) is 0. The number of nitro benzene ring substituents is 1. The number of carbonyl (C=O) groups is 1. The molecule has 1 heterocycles. The Morgan fingerprint density at radius 3 is 2.70 bits per heavy atom. The Bertz CT molecular complexity index is 563. The summed E-state index contributed by atoms with van der Waals surface area (Å²) in [6, 6.07) is 2.76. The lowest BCUT2D eigenvalue weighted by Gasteiger charge is -2.35. The fourth-order valence-corrected chi connectivity index (χ4v) is 2.98. The second kappa shape index (κ2) is 5.97. The van der Waals surface area contributed by atoms with Crippen LogP contribution in [0.5, 0.6) is 0 Å². The van der Waals surface area contributed by atoms with Crippen molar-refractivity contribution in [2.45, 2.75) is 32.2 Å². The SMILES string of the molecule is C[C@H]1CCCCN1c1c(Cl)cc(C(=O)Cl)cc1[N+](=O)[O-]. The van der Waals surface area contributed by atoms with Gasteiger partial charge in [0.15, 0.2) is 0 Å². The topological polar surface area (TPSA) is 63.5 Å². The Hall–Kier alpha value is -1.33. The summed E-state index contributed by atoms with van der Waals surface area (Å²) < 4.78 is 0. The van der Waals surface area contributed by atoms with Crippen LogP contribution in [0.1, 0.15) is 36.5 Å². The Morgan fingerprint density at radius 2 is 2.15 bits per heavy atom. The molecule has 1 saturated heterocycles. The van der Waals surface area contributed by atoms with Gasteiger partial charge in [0, 0.05) is 24.2 Å². The molecule has 0 unspecified atom stereocenters. The number of benzene rings is 1. The average molecular weight is 317 g/mol. The van der Waals surface area contributed by atoms with Gasteiger partial charge in [-0.15, -0.1) is 0 Å². The van der Waals surface area contributed by atoms with E-state index in [1.165, 1.54) is 12.1 Å². The predicted octanol–water partition coefficient (Wildman–Crippen LogP) is 4.01. The average Bonchev–Trinajstić information content (AvgIpc) is 2.38. The minimum absolute atomic E-state index is 0.0387. The standard InChI is InChI=1S/C13H14Cl2N2O3/c1-8-4-2-3-5-16(8)12-10(14)6-9(13(15)18)7-11(12)17(19)20/h6-8H,2-5H2,1H3/t8-/m0/s1. The summed E-state index contributed by atoms with van der Waals surface area (Å²) >= 11 is 11.5. The van der Waals surface area contributed by atoms with Gasteiger partial charge in [-0.3, -0.25) is 14.9 Å². The van der Waals surface area contributed by atoms with Crippen LogP contribution in [-0.4, -0.2) is 22.8 Å². The molecule has 0 aromatic heterocycles. The minimum Gasteiger partial charge on any atom is -0.362 e. The number of carbonyl (C=O) groups excluding carboxylic acids is 1. The van der Waals surface area contributed by atoms with E-state index in [1.807, 2.05) is 11.8 Å². The number of nitro groups is 1. The zero-order valence-electron chi connectivity index (χ0n) is 10.9. The molecule has 1 aliphatic heterocycles. The van der Waals surface area contributed by atoms with Crippen molar-refractivity contribution in [1.82, 2.24) is 0 Å². The summed E-state index contributed by atoms with van der Waals surface area (Å²) in [5, 5.41) is 10.7. The van der Waals surface area contributed by atoms with Gasteiger partial charge < -0.3 is 4.90 Å². The number of anilines is 1. The molecule has 0 radical (unpaired) electrons. The molecule has 1 aromatic rings. The van der Waals surface area contributed by atoms with Gasteiger partial charge in [0.25, 0.3) is 10.9 Å². The smallest absolute Gasteiger partial charge is 0.294 e. The van der Waals surface area contributed by atoms with Gasteiger partial charge in [-0.1, -0.05) is 11.6 Å². The minimum atomic E-state index is -0.756. The molecule has 1 fully saturated rings. The van der Waals surface area contributed by atoms with Crippen LogP contribution in [0.3, 0.4) is 0 Å². The highest BCUT2D eigenvalue weighted by atomic mass is 35.5. The third-order valence-electron chi connectivity index (χ3n) is 3.56. The molecule has 0 bridgehead atoms. The normalized spacial score (nSPS) is 18.9. The van der Waals surface area contributed by atoms with Crippen molar-refractivity contribution in [2.75, 3.05) is 11.4 Å². The highest BCUT2D eigenvalue weighted by Gasteiger charge is 2.29. The second-order valence-corrected chi connectivity index (χ2v) is 5.65. The number of hydrogen-bond acceptors (Lipinski definition) is 4. The first kappa shape index (κ1) is 15.1. The van der Waals surface area contributed by atoms with E-state index in [9.17, 15) is 14.9 Å². The van der Waals surface area contributed by atoms with Crippen molar-refractivity contribution in [1.29, 1.82) is 0 Å². The molecular weight excluding hydrogens is 303 g/mol. The quantitative estimate of drug-likeness (QED) is 0.480. The molecule has 1 atom stereocenters. The highest BCUT2D eigenvalue weighted by molar-refractivity contribution is 6.67. The fourth-order valence-electron chi connectivity index (χ4n) is 2.55. The molecule has 20 heavy (non-hydrogen) atoms. The summed E-state index contributed by atoms with van der Waals surface area (Å²) in [5.41, 5.74) is 0.248. The first-order valence-electron chi connectivity index (χ1n) is 6.36. The van der Waals surface area contributed by atoms with E-state index in [-0.39, 0.29) is 22.3 Å². The van der Waals surface area contributed by atoms with E-state index in [2.05, 4.69) is 0 Å². The molecule has 2 rings (SSSR count). The summed E-state index contributed by atoms with van der Waals surface area (Å²) in [6.45, 7) is 2.73. The lowest BCUT2D eigenvalue weighted by molar-refractivity contribution is -0.384. The van der Waals surface area contributed by atoms with Crippen molar-refractivity contribution < 1.29 is 9.72 Å². The third kappa shape index (κ3) is 2.88. The molecule has 0 aliphatic carbocycles. The van der Waals surface area contributed by atoms with Crippen LogP contribution < -0.4 is 4.90 Å². The Labute approximate surface area is 126 Å². The van der Waals surface area contributed by atoms with Crippen molar-refractivity contribution >= 4 is 39.8 Å². The monoisotopic (exact) mass is 316 g/mol. The lowest BCUT2D eigenvalue weighted by atomic mass is 10.0. The van der Waals surface area contributed by atoms with E-state index in [0.29, 0.717) is 5.69 Å². The zero-order chi connectivity index (χ0) is 14.9. The van der Waals surface area contributed by atoms with Gasteiger partial charge in [-0.05, 0) is 43.9 Å². The van der Waals surface area contributed by atoms with Crippen LogP contribution in [0.4, 0.5) is 11.4 Å². The molecule has 5 nitrogen and oxygen atoms in total. The zero-order valence-corrected chi connectivity index (χ0v) is 12.4. The first-order valence-corrected chi connectivity index (χ1v) is 7.12. The molecular formula is C13H14Cl2N2O3. The van der Waals surface area contributed by atoms with E-state index in [4.69, 9.17) is 23.2 Å². The maximum Gasteiger partial charge on any atom is 0.294 e. The summed E-state index contributed by atoms with van der Waals surface area (Å²) in [4.78, 5) is 23.9. The highest BCUT2D eigenvalue weighted by Crippen LogP contribution is 2.40. The molecule has 0 spiro atoms. The van der Waals surface area contributed by atoms with E-state index < -0.39 is 10.2 Å². The van der Waals surface area contributed by atoms with Crippen LogP contribution >= 0.6 is 23.2 Å².